The third-order valence-electron chi connectivity index (χ3n) is 3.51. The maximum Gasteiger partial charge on any atom is 0.269 e. The van der Waals surface area contributed by atoms with E-state index in [2.05, 4.69) is 16.2 Å². The fraction of sp³-hybridized carbons (Fsp3) is 0.222. The van der Waals surface area contributed by atoms with Gasteiger partial charge in [-0.05, 0) is 49.0 Å². The highest BCUT2D eigenvalue weighted by atomic mass is 32.1. The molecule has 0 bridgehead atoms. The number of nitrogens with one attached hydrogen (secondary N) is 3. The maximum atomic E-state index is 12.3. The van der Waals surface area contributed by atoms with E-state index < -0.39 is 10.8 Å². The molecule has 0 aliphatic rings. The lowest BCUT2D eigenvalue weighted by molar-refractivity contribution is -0.384. The van der Waals surface area contributed by atoms with Crippen LogP contribution in [-0.2, 0) is 0 Å². The zero-order valence-electron chi connectivity index (χ0n) is 15.4. The van der Waals surface area contributed by atoms with Crippen LogP contribution in [0.2, 0.25) is 0 Å². The van der Waals surface area contributed by atoms with Crippen molar-refractivity contribution in [3.05, 3.63) is 58.1 Å². The molecule has 0 saturated carbocycles. The van der Waals surface area contributed by atoms with Gasteiger partial charge in [0, 0.05) is 23.4 Å². The molecule has 2 aromatic rings. The summed E-state index contributed by atoms with van der Waals surface area (Å²) in [5, 5.41) is 13.6. The molecule has 9 nitrogen and oxygen atoms in total. The molecular formula is C18H20N4O5S. The highest BCUT2D eigenvalue weighted by Crippen LogP contribution is 2.28. The monoisotopic (exact) mass is 404 g/mol. The predicted molar refractivity (Wildman–Crippen MR) is 109 cm³/mol. The van der Waals surface area contributed by atoms with E-state index in [-0.39, 0.29) is 10.8 Å². The van der Waals surface area contributed by atoms with Crippen molar-refractivity contribution in [1.82, 2.24) is 10.9 Å². The number of thiocarbonyl (C=S) groups is 1. The van der Waals surface area contributed by atoms with Crippen molar-refractivity contribution in [3.63, 3.8) is 0 Å². The minimum Gasteiger partial charge on any atom is -0.493 e. The van der Waals surface area contributed by atoms with Gasteiger partial charge in [0.05, 0.1) is 18.6 Å². The number of nitro groups is 1. The van der Waals surface area contributed by atoms with Crippen molar-refractivity contribution in [2.75, 3.05) is 19.0 Å². The Kier molecular flexibility index (Phi) is 7.52. The Balaban J connectivity index is 1.92. The van der Waals surface area contributed by atoms with E-state index >= 15 is 0 Å². The first-order valence-corrected chi connectivity index (χ1v) is 8.78. The van der Waals surface area contributed by atoms with Gasteiger partial charge < -0.3 is 14.8 Å². The number of rotatable bonds is 7. The molecule has 0 aliphatic carbocycles. The Bertz CT molecular complexity index is 858. The molecule has 148 valence electrons. The second kappa shape index (κ2) is 10.1. The molecular weight excluding hydrogens is 384 g/mol. The van der Waals surface area contributed by atoms with Gasteiger partial charge >= 0.3 is 0 Å². The summed E-state index contributed by atoms with van der Waals surface area (Å²) in [4.78, 5) is 22.4. The smallest absolute Gasteiger partial charge is 0.269 e. The van der Waals surface area contributed by atoms with Crippen LogP contribution in [0.1, 0.15) is 23.7 Å². The van der Waals surface area contributed by atoms with E-state index in [9.17, 15) is 14.9 Å². The normalized spacial score (nSPS) is 9.93. The van der Waals surface area contributed by atoms with Gasteiger partial charge in [-0.25, -0.2) is 0 Å². The summed E-state index contributed by atoms with van der Waals surface area (Å²) < 4.78 is 10.8. The first kappa shape index (κ1) is 20.9. The molecule has 0 radical (unpaired) electrons. The number of hydrazine groups is 1. The number of carbonyl (C=O) groups is 1. The Morgan fingerprint density at radius 1 is 1.14 bits per heavy atom. The average molecular weight is 404 g/mol. The summed E-state index contributed by atoms with van der Waals surface area (Å²) in [7, 11) is 1.50. The number of ether oxygens (including phenoxy) is 2. The van der Waals surface area contributed by atoms with Crippen molar-refractivity contribution in [2.45, 2.75) is 13.3 Å². The maximum absolute atomic E-state index is 12.3. The van der Waals surface area contributed by atoms with Crippen LogP contribution in [0.4, 0.5) is 11.4 Å². The van der Waals surface area contributed by atoms with Crippen LogP contribution in [-0.4, -0.2) is 29.7 Å². The molecule has 0 saturated heterocycles. The van der Waals surface area contributed by atoms with Crippen LogP contribution >= 0.6 is 12.2 Å². The Hall–Kier alpha value is -3.40. The van der Waals surface area contributed by atoms with E-state index in [1.807, 2.05) is 6.92 Å². The molecule has 1 amide bonds. The number of hydrogen-bond donors (Lipinski definition) is 3. The Morgan fingerprint density at radius 3 is 2.46 bits per heavy atom. The summed E-state index contributed by atoms with van der Waals surface area (Å²) >= 11 is 5.09. The van der Waals surface area contributed by atoms with Gasteiger partial charge in [-0.1, -0.05) is 6.92 Å². The number of carbonyl (C=O) groups excluding carboxylic acids is 1. The number of nitro benzene ring substituents is 1. The topological polar surface area (TPSA) is 115 Å². The molecule has 0 heterocycles. The molecule has 0 atom stereocenters. The molecule has 0 aromatic heterocycles. The summed E-state index contributed by atoms with van der Waals surface area (Å²) in [6, 6.07) is 10.5. The van der Waals surface area contributed by atoms with Crippen LogP contribution in [0.3, 0.4) is 0 Å². The lowest BCUT2D eigenvalue weighted by Gasteiger charge is -2.13. The molecule has 3 N–H and O–H groups in total. The summed E-state index contributed by atoms with van der Waals surface area (Å²) in [5.41, 5.74) is 5.90. The van der Waals surface area contributed by atoms with Gasteiger partial charge in [-0.2, -0.15) is 0 Å². The second-order valence-corrected chi connectivity index (χ2v) is 5.96. The van der Waals surface area contributed by atoms with Crippen molar-refractivity contribution in [2.24, 2.45) is 0 Å². The average Bonchev–Trinajstić information content (AvgIpc) is 2.70. The predicted octanol–water partition coefficient (Wildman–Crippen LogP) is 3.02. The zero-order valence-corrected chi connectivity index (χ0v) is 16.2. The number of hydrogen-bond acceptors (Lipinski definition) is 6. The van der Waals surface area contributed by atoms with Crippen LogP contribution in [0.5, 0.6) is 11.5 Å². The molecule has 28 heavy (non-hydrogen) atoms. The first-order valence-electron chi connectivity index (χ1n) is 8.37. The van der Waals surface area contributed by atoms with E-state index in [4.69, 9.17) is 21.7 Å². The standard InChI is InChI=1S/C18H20N4O5S/c1-3-10-27-15-9-4-12(11-16(15)26-2)17(23)20-21-18(28)19-13-5-7-14(8-6-13)22(24)25/h4-9,11H,3,10H2,1-2H3,(H,20,23)(H2,19,21,28). The molecule has 0 fully saturated rings. The number of anilines is 1. The quantitative estimate of drug-likeness (QED) is 0.366. The van der Waals surface area contributed by atoms with Gasteiger partial charge in [-0.15, -0.1) is 0 Å². The number of amides is 1. The van der Waals surface area contributed by atoms with Gasteiger partial charge in [0.1, 0.15) is 0 Å². The van der Waals surface area contributed by atoms with E-state index in [1.54, 1.807) is 18.2 Å². The van der Waals surface area contributed by atoms with E-state index in [1.165, 1.54) is 31.4 Å². The van der Waals surface area contributed by atoms with Crippen LogP contribution in [0.25, 0.3) is 0 Å². The Labute approximate surface area is 167 Å². The number of non-ortho nitro benzene ring substituents is 1. The summed E-state index contributed by atoms with van der Waals surface area (Å²) in [5.74, 6) is 0.588. The summed E-state index contributed by atoms with van der Waals surface area (Å²) in [6.07, 6.45) is 0.856. The SMILES string of the molecule is CCCOc1ccc(C(=O)NNC(=S)Nc2ccc([N+](=O)[O-])cc2)cc1OC. The molecule has 0 spiro atoms. The summed E-state index contributed by atoms with van der Waals surface area (Å²) in [6.45, 7) is 2.54. The van der Waals surface area contributed by atoms with Crippen molar-refractivity contribution in [3.8, 4) is 11.5 Å². The highest BCUT2D eigenvalue weighted by molar-refractivity contribution is 7.80. The van der Waals surface area contributed by atoms with E-state index in [0.29, 0.717) is 29.4 Å². The molecule has 10 heteroatoms. The van der Waals surface area contributed by atoms with Crippen LogP contribution in [0.15, 0.2) is 42.5 Å². The molecule has 0 aliphatic heterocycles. The molecule has 2 aromatic carbocycles. The van der Waals surface area contributed by atoms with Gasteiger partial charge in [0.25, 0.3) is 11.6 Å². The first-order chi connectivity index (χ1) is 13.4. The number of methoxy groups -OCH3 is 1. The fourth-order valence-corrected chi connectivity index (χ4v) is 2.32. The lowest BCUT2D eigenvalue weighted by Crippen LogP contribution is -2.43. The fourth-order valence-electron chi connectivity index (χ4n) is 2.15. The highest BCUT2D eigenvalue weighted by Gasteiger charge is 2.12. The second-order valence-electron chi connectivity index (χ2n) is 5.55. The molecule has 0 unspecified atom stereocenters. The van der Waals surface area contributed by atoms with Gasteiger partial charge in [-0.3, -0.25) is 25.8 Å². The van der Waals surface area contributed by atoms with Crippen molar-refractivity contribution >= 4 is 34.6 Å². The number of nitrogens with zero attached hydrogens (tertiary/aromatic N) is 1. The molecule has 2 rings (SSSR count). The number of benzene rings is 2. The van der Waals surface area contributed by atoms with Crippen molar-refractivity contribution in [1.29, 1.82) is 0 Å². The lowest BCUT2D eigenvalue weighted by atomic mass is 10.2. The van der Waals surface area contributed by atoms with Crippen LogP contribution < -0.4 is 25.6 Å². The largest absolute Gasteiger partial charge is 0.493 e. The van der Waals surface area contributed by atoms with Crippen molar-refractivity contribution < 1.29 is 19.2 Å². The van der Waals surface area contributed by atoms with Gasteiger partial charge in [0.15, 0.2) is 16.6 Å². The third-order valence-corrected chi connectivity index (χ3v) is 3.72. The Morgan fingerprint density at radius 2 is 1.86 bits per heavy atom. The van der Waals surface area contributed by atoms with E-state index in [0.717, 1.165) is 6.42 Å². The minimum absolute atomic E-state index is 0.0296. The van der Waals surface area contributed by atoms with Gasteiger partial charge in [0.2, 0.25) is 0 Å². The third kappa shape index (κ3) is 5.81. The minimum atomic E-state index is -0.493. The van der Waals surface area contributed by atoms with Crippen LogP contribution in [0, 0.1) is 10.1 Å². The zero-order chi connectivity index (χ0) is 20.5.